The van der Waals surface area contributed by atoms with Gasteiger partial charge in [0.25, 0.3) is 0 Å². The summed E-state index contributed by atoms with van der Waals surface area (Å²) in [6.45, 7) is 0.797. The summed E-state index contributed by atoms with van der Waals surface area (Å²) in [5, 5.41) is 14.2. The molecule has 3 rings (SSSR count). The zero-order valence-electron chi connectivity index (χ0n) is 16.6. The predicted octanol–water partition coefficient (Wildman–Crippen LogP) is 5.20. The van der Waals surface area contributed by atoms with Crippen molar-refractivity contribution >= 4 is 45.5 Å². The Labute approximate surface area is 184 Å². The first-order chi connectivity index (χ1) is 14.5. The third kappa shape index (κ3) is 4.31. The summed E-state index contributed by atoms with van der Waals surface area (Å²) in [5.41, 5.74) is 1.92. The zero-order chi connectivity index (χ0) is 21.7. The number of hydrogen-bond donors (Lipinski definition) is 1. The van der Waals surface area contributed by atoms with E-state index in [0.717, 1.165) is 0 Å². The fraction of sp³-hybridized carbons (Fsp3) is 0.238. The summed E-state index contributed by atoms with van der Waals surface area (Å²) in [4.78, 5) is 4.41. The number of nitriles is 1. The standard InChI is InChI=1S/C21H19Cl2N3O4/c1-27-6-7-30-17-5-4-13-19(12(10-24)11-25-20(13)21(17)29-3)26-16-9-18(28-2)15(23)8-14(16)22/h4-5,8-9,11H,6-7H2,1-3H3,(H,25,26). The van der Waals surface area contributed by atoms with Crippen LogP contribution < -0.4 is 19.5 Å². The molecule has 1 heterocycles. The SMILES string of the molecule is COCCOc1ccc2c(Nc3cc(OC)c(Cl)cc3Cl)c(C#N)cnc2c1OC. The average Bonchev–Trinajstić information content (AvgIpc) is 2.75. The van der Waals surface area contributed by atoms with E-state index < -0.39 is 0 Å². The summed E-state index contributed by atoms with van der Waals surface area (Å²) in [5.74, 6) is 1.43. The molecule has 0 saturated carbocycles. The van der Waals surface area contributed by atoms with Crippen LogP contribution in [-0.2, 0) is 4.74 Å². The van der Waals surface area contributed by atoms with Gasteiger partial charge in [0, 0.05) is 24.8 Å². The molecule has 0 aliphatic carbocycles. The highest BCUT2D eigenvalue weighted by Crippen LogP contribution is 2.41. The van der Waals surface area contributed by atoms with Crippen LogP contribution in [0.3, 0.4) is 0 Å². The molecule has 156 valence electrons. The molecule has 9 heteroatoms. The first kappa shape index (κ1) is 21.8. The number of ether oxygens (including phenoxy) is 4. The second-order valence-corrected chi connectivity index (χ2v) is 6.90. The zero-order valence-corrected chi connectivity index (χ0v) is 18.1. The van der Waals surface area contributed by atoms with Crippen molar-refractivity contribution in [1.29, 1.82) is 5.26 Å². The number of halogens is 2. The van der Waals surface area contributed by atoms with Crippen molar-refractivity contribution in [2.24, 2.45) is 0 Å². The minimum absolute atomic E-state index is 0.336. The number of nitrogens with zero attached hydrogens (tertiary/aromatic N) is 2. The van der Waals surface area contributed by atoms with Crippen molar-refractivity contribution in [2.45, 2.75) is 0 Å². The molecule has 0 atom stereocenters. The molecule has 7 nitrogen and oxygen atoms in total. The van der Waals surface area contributed by atoms with E-state index in [4.69, 9.17) is 42.1 Å². The van der Waals surface area contributed by atoms with Gasteiger partial charge in [-0.15, -0.1) is 0 Å². The number of pyridine rings is 1. The van der Waals surface area contributed by atoms with E-state index >= 15 is 0 Å². The maximum atomic E-state index is 9.62. The Hall–Kier alpha value is -2.92. The smallest absolute Gasteiger partial charge is 0.187 e. The van der Waals surface area contributed by atoms with Crippen LogP contribution in [0, 0.1) is 11.3 Å². The van der Waals surface area contributed by atoms with E-state index in [2.05, 4.69) is 16.4 Å². The molecular formula is C21H19Cl2N3O4. The fourth-order valence-electron chi connectivity index (χ4n) is 2.90. The number of aromatic nitrogens is 1. The lowest BCUT2D eigenvalue weighted by molar-refractivity contribution is 0.144. The van der Waals surface area contributed by atoms with Gasteiger partial charge in [-0.05, 0) is 18.2 Å². The Balaban J connectivity index is 2.13. The number of benzene rings is 2. The first-order valence-corrected chi connectivity index (χ1v) is 9.61. The molecule has 0 aliphatic heterocycles. The molecule has 1 N–H and O–H groups in total. The van der Waals surface area contributed by atoms with Crippen molar-refractivity contribution in [2.75, 3.05) is 39.9 Å². The van der Waals surface area contributed by atoms with Crippen molar-refractivity contribution in [3.8, 4) is 23.3 Å². The highest BCUT2D eigenvalue weighted by Gasteiger charge is 2.18. The molecule has 1 aromatic heterocycles. The molecule has 3 aromatic rings. The Morgan fingerprint density at radius 2 is 1.83 bits per heavy atom. The first-order valence-electron chi connectivity index (χ1n) is 8.85. The lowest BCUT2D eigenvalue weighted by atomic mass is 10.1. The Morgan fingerprint density at radius 1 is 1.03 bits per heavy atom. The summed E-state index contributed by atoms with van der Waals surface area (Å²) < 4.78 is 21.6. The molecule has 0 unspecified atom stereocenters. The monoisotopic (exact) mass is 447 g/mol. The number of fused-ring (bicyclic) bond motifs is 1. The molecule has 0 bridgehead atoms. The highest BCUT2D eigenvalue weighted by molar-refractivity contribution is 6.37. The van der Waals surface area contributed by atoms with Crippen LogP contribution in [0.15, 0.2) is 30.5 Å². The van der Waals surface area contributed by atoms with Crippen LogP contribution in [0.4, 0.5) is 11.4 Å². The second-order valence-electron chi connectivity index (χ2n) is 6.08. The molecule has 30 heavy (non-hydrogen) atoms. The van der Waals surface area contributed by atoms with E-state index in [0.29, 0.717) is 68.3 Å². The molecular weight excluding hydrogens is 429 g/mol. The van der Waals surface area contributed by atoms with Gasteiger partial charge in [-0.1, -0.05) is 23.2 Å². The van der Waals surface area contributed by atoms with Gasteiger partial charge in [0.1, 0.15) is 23.9 Å². The Bertz CT molecular complexity index is 1120. The van der Waals surface area contributed by atoms with E-state index in [1.807, 2.05) is 0 Å². The average molecular weight is 448 g/mol. The predicted molar refractivity (Wildman–Crippen MR) is 117 cm³/mol. The molecule has 0 fully saturated rings. The van der Waals surface area contributed by atoms with Gasteiger partial charge in [-0.3, -0.25) is 4.98 Å². The van der Waals surface area contributed by atoms with Gasteiger partial charge in [0.15, 0.2) is 11.5 Å². The number of methoxy groups -OCH3 is 3. The summed E-state index contributed by atoms with van der Waals surface area (Å²) in [7, 11) is 4.64. The Kier molecular flexibility index (Phi) is 7.06. The lowest BCUT2D eigenvalue weighted by Gasteiger charge is -2.17. The molecule has 0 spiro atoms. The molecule has 2 aromatic carbocycles. The van der Waals surface area contributed by atoms with E-state index in [-0.39, 0.29) is 0 Å². The molecule has 0 radical (unpaired) electrons. The van der Waals surface area contributed by atoms with Crippen molar-refractivity contribution in [3.05, 3.63) is 46.1 Å². The summed E-state index contributed by atoms with van der Waals surface area (Å²) in [6.07, 6.45) is 1.47. The van der Waals surface area contributed by atoms with Crippen LogP contribution >= 0.6 is 23.2 Å². The molecule has 0 saturated heterocycles. The minimum Gasteiger partial charge on any atom is -0.495 e. The van der Waals surface area contributed by atoms with Gasteiger partial charge >= 0.3 is 0 Å². The summed E-state index contributed by atoms with van der Waals surface area (Å²) in [6, 6.07) is 8.94. The Morgan fingerprint density at radius 3 is 2.50 bits per heavy atom. The van der Waals surface area contributed by atoms with Gasteiger partial charge in [0.05, 0.1) is 47.8 Å². The molecule has 0 amide bonds. The number of nitrogens with one attached hydrogen (secondary N) is 1. The highest BCUT2D eigenvalue weighted by atomic mass is 35.5. The topological polar surface area (TPSA) is 85.6 Å². The largest absolute Gasteiger partial charge is 0.495 e. The van der Waals surface area contributed by atoms with Crippen LogP contribution in [0.2, 0.25) is 10.0 Å². The minimum atomic E-state index is 0.336. The molecule has 0 aliphatic rings. The van der Waals surface area contributed by atoms with Gasteiger partial charge in [-0.25, -0.2) is 0 Å². The van der Waals surface area contributed by atoms with Crippen LogP contribution in [0.25, 0.3) is 10.9 Å². The van der Waals surface area contributed by atoms with Crippen LogP contribution in [0.5, 0.6) is 17.2 Å². The van der Waals surface area contributed by atoms with E-state index in [1.54, 1.807) is 31.4 Å². The third-order valence-corrected chi connectivity index (χ3v) is 4.94. The third-order valence-electron chi connectivity index (χ3n) is 4.33. The quantitative estimate of drug-likeness (QED) is 0.474. The van der Waals surface area contributed by atoms with Gasteiger partial charge in [-0.2, -0.15) is 5.26 Å². The number of hydrogen-bond acceptors (Lipinski definition) is 7. The van der Waals surface area contributed by atoms with Crippen molar-refractivity contribution in [3.63, 3.8) is 0 Å². The fourth-order valence-corrected chi connectivity index (χ4v) is 3.41. The van der Waals surface area contributed by atoms with Crippen molar-refractivity contribution < 1.29 is 18.9 Å². The van der Waals surface area contributed by atoms with Crippen LogP contribution in [0.1, 0.15) is 5.56 Å². The van der Waals surface area contributed by atoms with Crippen molar-refractivity contribution in [1.82, 2.24) is 4.98 Å². The lowest BCUT2D eigenvalue weighted by Crippen LogP contribution is -2.06. The summed E-state index contributed by atoms with van der Waals surface area (Å²) >= 11 is 12.5. The number of anilines is 2. The van der Waals surface area contributed by atoms with E-state index in [9.17, 15) is 5.26 Å². The normalized spacial score (nSPS) is 10.5. The van der Waals surface area contributed by atoms with Gasteiger partial charge < -0.3 is 24.3 Å². The van der Waals surface area contributed by atoms with Crippen LogP contribution in [-0.4, -0.2) is 39.5 Å². The van der Waals surface area contributed by atoms with E-state index in [1.165, 1.54) is 20.4 Å². The maximum absolute atomic E-state index is 9.62. The second kappa shape index (κ2) is 9.72. The number of rotatable bonds is 8. The maximum Gasteiger partial charge on any atom is 0.187 e. The van der Waals surface area contributed by atoms with Gasteiger partial charge in [0.2, 0.25) is 0 Å².